The molecule has 40 heavy (non-hydrogen) atoms. The summed E-state index contributed by atoms with van der Waals surface area (Å²) in [7, 11) is -6.44. The van der Waals surface area contributed by atoms with Crippen LogP contribution in [0.25, 0.3) is 12.2 Å². The first-order chi connectivity index (χ1) is 18.8. The Bertz CT molecular complexity index is 1770. The summed E-state index contributed by atoms with van der Waals surface area (Å²) in [6.45, 7) is 4.37. The number of aromatic hydroxyl groups is 1. The van der Waals surface area contributed by atoms with Gasteiger partial charge in [-0.25, -0.2) is 8.42 Å². The topological polar surface area (TPSA) is 156 Å². The molecule has 0 fully saturated rings. The summed E-state index contributed by atoms with van der Waals surface area (Å²) in [5, 5.41) is 14.0. The Labute approximate surface area is 233 Å². The Morgan fingerprint density at radius 3 is 2.48 bits per heavy atom. The van der Waals surface area contributed by atoms with Crippen LogP contribution in [0.5, 0.6) is 11.5 Å². The lowest BCUT2D eigenvalue weighted by Gasteiger charge is -2.21. The molecule has 0 spiro atoms. The van der Waals surface area contributed by atoms with Crippen molar-refractivity contribution >= 4 is 49.4 Å². The third kappa shape index (κ3) is 6.54. The summed E-state index contributed by atoms with van der Waals surface area (Å²) >= 11 is 0. The van der Waals surface area contributed by atoms with Gasteiger partial charge in [-0.3, -0.25) is 9.52 Å². The van der Waals surface area contributed by atoms with Gasteiger partial charge in [0, 0.05) is 24.0 Å². The van der Waals surface area contributed by atoms with Crippen LogP contribution in [0.1, 0.15) is 37.0 Å². The number of hydrogen-bond donors (Lipinski definition) is 3. The van der Waals surface area contributed by atoms with E-state index >= 15 is 0 Å². The number of aryl methyl sites for hydroxylation is 1. The fourth-order valence-corrected chi connectivity index (χ4v) is 5.72. The van der Waals surface area contributed by atoms with E-state index in [4.69, 9.17) is 4.74 Å². The molecule has 3 aromatic rings. The molecule has 0 amide bonds. The second-order valence-corrected chi connectivity index (χ2v) is 13.0. The third-order valence-electron chi connectivity index (χ3n) is 6.06. The van der Waals surface area contributed by atoms with Crippen LogP contribution < -0.4 is 20.3 Å². The molecular formula is C27H30N4O7S2. The van der Waals surface area contributed by atoms with Gasteiger partial charge in [0.2, 0.25) is 10.0 Å². The first-order valence-corrected chi connectivity index (χ1v) is 15.6. The van der Waals surface area contributed by atoms with Crippen LogP contribution in [0.3, 0.4) is 0 Å². The maximum Gasteiger partial charge on any atom is 0.286 e. The van der Waals surface area contributed by atoms with Crippen LogP contribution in [-0.4, -0.2) is 45.7 Å². The number of fused-ring (bicyclic) bond motifs is 1. The maximum atomic E-state index is 13.5. The summed E-state index contributed by atoms with van der Waals surface area (Å²) < 4.78 is 62.1. The van der Waals surface area contributed by atoms with E-state index in [1.807, 2.05) is 26.0 Å². The van der Waals surface area contributed by atoms with Crippen LogP contribution in [-0.2, 0) is 26.6 Å². The first-order valence-electron chi connectivity index (χ1n) is 12.3. The Hall–Kier alpha value is -4.10. The molecule has 3 N–H and O–H groups in total. The van der Waals surface area contributed by atoms with Crippen molar-refractivity contribution in [1.82, 2.24) is 4.57 Å². The molecule has 13 heteroatoms. The smallest absolute Gasteiger partial charge is 0.286 e. The zero-order valence-corrected chi connectivity index (χ0v) is 24.0. The zero-order chi connectivity index (χ0) is 29.2. The van der Waals surface area contributed by atoms with Gasteiger partial charge in [0.05, 0.1) is 19.1 Å². The lowest BCUT2D eigenvalue weighted by atomic mass is 10.1. The van der Waals surface area contributed by atoms with Crippen LogP contribution in [0, 0.1) is 5.92 Å². The first kappa shape index (κ1) is 28.9. The van der Waals surface area contributed by atoms with E-state index in [2.05, 4.69) is 14.4 Å². The lowest BCUT2D eigenvalue weighted by molar-refractivity contribution is 0.415. The molecule has 0 saturated carbocycles. The summed E-state index contributed by atoms with van der Waals surface area (Å²) in [6.07, 6.45) is 6.51. The van der Waals surface area contributed by atoms with Gasteiger partial charge in [-0.15, -0.1) is 4.40 Å². The molecule has 4 rings (SSSR count). The van der Waals surface area contributed by atoms with Crippen molar-refractivity contribution in [2.75, 3.05) is 23.4 Å². The Balaban J connectivity index is 1.81. The number of sulfonamides is 2. The number of anilines is 2. The van der Waals surface area contributed by atoms with Crippen LogP contribution >= 0.6 is 0 Å². The normalized spacial score (nSPS) is 14.5. The highest BCUT2D eigenvalue weighted by Crippen LogP contribution is 2.33. The lowest BCUT2D eigenvalue weighted by Crippen LogP contribution is -2.33. The second kappa shape index (κ2) is 11.2. The van der Waals surface area contributed by atoms with E-state index in [0.29, 0.717) is 18.7 Å². The van der Waals surface area contributed by atoms with Gasteiger partial charge < -0.3 is 19.7 Å². The fourth-order valence-electron chi connectivity index (χ4n) is 4.02. The highest BCUT2D eigenvalue weighted by molar-refractivity contribution is 7.92. The molecule has 0 radical (unpaired) electrons. The van der Waals surface area contributed by atoms with Gasteiger partial charge in [0.15, 0.2) is 5.84 Å². The number of benzene rings is 2. The average Bonchev–Trinajstić information content (AvgIpc) is 2.87. The van der Waals surface area contributed by atoms with E-state index < -0.39 is 31.4 Å². The molecule has 212 valence electrons. The quantitative estimate of drug-likeness (QED) is 0.343. The monoisotopic (exact) mass is 586 g/mol. The number of methoxy groups -OCH3 is 1. The molecule has 1 aromatic heterocycles. The van der Waals surface area contributed by atoms with E-state index in [9.17, 15) is 26.7 Å². The Kier molecular flexibility index (Phi) is 8.08. The van der Waals surface area contributed by atoms with Crippen molar-refractivity contribution in [2.24, 2.45) is 10.3 Å². The van der Waals surface area contributed by atoms with Crippen molar-refractivity contribution < 1.29 is 26.7 Å². The molecule has 2 heterocycles. The number of rotatable bonds is 9. The summed E-state index contributed by atoms with van der Waals surface area (Å²) in [5.41, 5.74) is 0.304. The fraction of sp³-hybridized carbons (Fsp3) is 0.259. The van der Waals surface area contributed by atoms with Crippen LogP contribution in [0.2, 0.25) is 0 Å². The van der Waals surface area contributed by atoms with Crippen molar-refractivity contribution in [1.29, 1.82) is 0 Å². The number of nitrogens with zero attached hydrogens (tertiary/aromatic N) is 2. The number of aromatic nitrogens is 1. The molecule has 0 saturated heterocycles. The van der Waals surface area contributed by atoms with Gasteiger partial charge in [0.1, 0.15) is 22.0 Å². The molecule has 1 aliphatic heterocycles. The number of pyridine rings is 1. The molecule has 2 aromatic carbocycles. The van der Waals surface area contributed by atoms with Gasteiger partial charge in [-0.05, 0) is 54.3 Å². The third-order valence-corrected chi connectivity index (χ3v) is 7.99. The van der Waals surface area contributed by atoms with E-state index in [1.165, 1.54) is 22.9 Å². The molecule has 11 nitrogen and oxygen atoms in total. The van der Waals surface area contributed by atoms with Crippen molar-refractivity contribution in [3.8, 4) is 11.5 Å². The number of ether oxygens (including phenoxy) is 1. The minimum Gasteiger partial charge on any atom is -0.506 e. The maximum absolute atomic E-state index is 13.5. The predicted molar refractivity (Wildman–Crippen MR) is 156 cm³/mol. The standard InChI is InChI=1S/C27H30N4O7S2/c1-17(2)13-14-31-16-19(8-5-18-6-10-21(38-3)11-7-18)25(32)24(27(31)33)26-28-22-12-9-20(29-39(4,34)35)15-23(22)40(36,37)30-26/h5-12,15-17,29,32H,13-14H2,1-4H3,(H,28,30)/b8-5+. The minimum absolute atomic E-state index is 0.0369. The van der Waals surface area contributed by atoms with Crippen LogP contribution in [0.15, 0.2) is 62.7 Å². The molecular weight excluding hydrogens is 556 g/mol. The van der Waals surface area contributed by atoms with E-state index in [0.717, 1.165) is 17.9 Å². The zero-order valence-electron chi connectivity index (χ0n) is 22.4. The summed E-state index contributed by atoms with van der Waals surface area (Å²) in [4.78, 5) is 13.2. The average molecular weight is 587 g/mol. The number of amidine groups is 1. The van der Waals surface area contributed by atoms with E-state index in [-0.39, 0.29) is 39.2 Å². The predicted octanol–water partition coefficient (Wildman–Crippen LogP) is 3.71. The van der Waals surface area contributed by atoms with Gasteiger partial charge in [0.25, 0.3) is 15.6 Å². The molecule has 0 atom stereocenters. The largest absolute Gasteiger partial charge is 0.506 e. The number of nitrogens with one attached hydrogen (secondary N) is 2. The second-order valence-electron chi connectivity index (χ2n) is 9.72. The molecule has 0 unspecified atom stereocenters. The molecule has 0 aliphatic carbocycles. The van der Waals surface area contributed by atoms with Crippen molar-refractivity contribution in [3.63, 3.8) is 0 Å². The van der Waals surface area contributed by atoms with Crippen molar-refractivity contribution in [3.05, 3.63) is 75.7 Å². The van der Waals surface area contributed by atoms with Gasteiger partial charge in [-0.1, -0.05) is 32.1 Å². The van der Waals surface area contributed by atoms with Crippen LogP contribution in [0.4, 0.5) is 11.4 Å². The Morgan fingerprint density at radius 2 is 1.85 bits per heavy atom. The highest BCUT2D eigenvalue weighted by Gasteiger charge is 2.30. The minimum atomic E-state index is -4.36. The van der Waals surface area contributed by atoms with Gasteiger partial charge >= 0.3 is 0 Å². The SMILES string of the molecule is COc1ccc(/C=C/c2cn(CCC(C)C)c(=O)c(C3=NS(=O)(=O)c4cc(NS(C)(=O)=O)ccc4N3)c2O)cc1. The molecule has 1 aliphatic rings. The Morgan fingerprint density at radius 1 is 1.15 bits per heavy atom. The number of hydrogen-bond acceptors (Lipinski definition) is 8. The highest BCUT2D eigenvalue weighted by atomic mass is 32.2. The summed E-state index contributed by atoms with van der Waals surface area (Å²) in [5.74, 6) is 0.203. The molecule has 0 bridgehead atoms. The van der Waals surface area contributed by atoms with Crippen molar-refractivity contribution in [2.45, 2.75) is 31.7 Å². The summed E-state index contributed by atoms with van der Waals surface area (Å²) in [6, 6.07) is 11.1. The van der Waals surface area contributed by atoms with Gasteiger partial charge in [-0.2, -0.15) is 8.42 Å². The van der Waals surface area contributed by atoms with E-state index in [1.54, 1.807) is 31.4 Å².